The largest absolute Gasteiger partial charge is 0.345 e. The summed E-state index contributed by atoms with van der Waals surface area (Å²) in [4.78, 5) is 15.8. The molecule has 6 nitrogen and oxygen atoms in total. The van der Waals surface area contributed by atoms with Crippen molar-refractivity contribution in [2.75, 3.05) is 31.2 Å². The molecule has 1 amide bonds. The van der Waals surface area contributed by atoms with Gasteiger partial charge in [0.2, 0.25) is 0 Å². The van der Waals surface area contributed by atoms with Gasteiger partial charge in [-0.2, -0.15) is 0 Å². The molecule has 176 valence electrons. The van der Waals surface area contributed by atoms with Gasteiger partial charge in [-0.1, -0.05) is 38.1 Å². The summed E-state index contributed by atoms with van der Waals surface area (Å²) in [5.74, 6) is -0.212. The average Bonchev–Trinajstić information content (AvgIpc) is 3.10. The van der Waals surface area contributed by atoms with Crippen molar-refractivity contribution in [3.05, 3.63) is 71.4 Å². The van der Waals surface area contributed by atoms with Crippen LogP contribution in [0.1, 0.15) is 35.3 Å². The summed E-state index contributed by atoms with van der Waals surface area (Å²) in [6, 6.07) is 14.5. The van der Waals surface area contributed by atoms with Crippen LogP contribution < -0.4 is 5.32 Å². The lowest BCUT2D eigenvalue weighted by atomic mass is 10.0. The molecule has 1 heterocycles. The molecule has 1 aromatic heterocycles. The zero-order valence-electron chi connectivity index (χ0n) is 20.1. The standard InChI is InChI=1S/C26H33N3O3S/c1-6-28(7-2)16-17-29-18-24(20(4)25(29)23-11-9-8-10-19(23)3)26(30)27-21-12-14-22(15-13-21)33(5,31)32/h8-15,18H,6-7,16-17H2,1-5H3,(H,27,30). The predicted molar refractivity (Wildman–Crippen MR) is 135 cm³/mol. The maximum absolute atomic E-state index is 13.2. The van der Waals surface area contributed by atoms with Crippen LogP contribution in [0.5, 0.6) is 0 Å². The van der Waals surface area contributed by atoms with E-state index in [0.29, 0.717) is 11.3 Å². The molecule has 3 rings (SSSR count). The topological polar surface area (TPSA) is 71.4 Å². The number of hydrogen-bond donors (Lipinski definition) is 1. The minimum absolute atomic E-state index is 0.212. The van der Waals surface area contributed by atoms with Crippen molar-refractivity contribution in [2.24, 2.45) is 0 Å². The quantitative estimate of drug-likeness (QED) is 0.492. The van der Waals surface area contributed by atoms with Gasteiger partial charge in [0.15, 0.2) is 9.84 Å². The van der Waals surface area contributed by atoms with Gasteiger partial charge in [-0.05, 0) is 62.3 Å². The molecule has 0 fully saturated rings. The van der Waals surface area contributed by atoms with Crippen LogP contribution in [0.25, 0.3) is 11.3 Å². The average molecular weight is 468 g/mol. The minimum Gasteiger partial charge on any atom is -0.345 e. The molecule has 0 bridgehead atoms. The van der Waals surface area contributed by atoms with Crippen LogP contribution in [0, 0.1) is 13.8 Å². The van der Waals surface area contributed by atoms with Crippen LogP contribution in [0.15, 0.2) is 59.6 Å². The van der Waals surface area contributed by atoms with Crippen LogP contribution >= 0.6 is 0 Å². The number of amides is 1. The van der Waals surface area contributed by atoms with Gasteiger partial charge in [-0.3, -0.25) is 4.79 Å². The first-order chi connectivity index (χ1) is 15.7. The predicted octanol–water partition coefficient (Wildman–Crippen LogP) is 4.77. The molecule has 3 aromatic rings. The van der Waals surface area contributed by atoms with E-state index in [1.54, 1.807) is 12.1 Å². The summed E-state index contributed by atoms with van der Waals surface area (Å²) in [7, 11) is -3.28. The Hall–Kier alpha value is -2.90. The van der Waals surface area contributed by atoms with Crippen LogP contribution in [-0.2, 0) is 16.4 Å². The summed E-state index contributed by atoms with van der Waals surface area (Å²) in [6.07, 6.45) is 3.10. The number of rotatable bonds is 9. The SMILES string of the molecule is CCN(CC)CCn1cc(C(=O)Nc2ccc(S(C)(=O)=O)cc2)c(C)c1-c1ccccc1C. The zero-order chi connectivity index (χ0) is 24.2. The van der Waals surface area contributed by atoms with E-state index in [0.717, 1.165) is 54.8 Å². The first-order valence-electron chi connectivity index (χ1n) is 11.2. The molecular weight excluding hydrogens is 434 g/mol. The number of aryl methyl sites for hydroxylation is 1. The van der Waals surface area contributed by atoms with E-state index in [1.165, 1.54) is 12.1 Å². The van der Waals surface area contributed by atoms with Gasteiger partial charge in [-0.15, -0.1) is 0 Å². The maximum Gasteiger partial charge on any atom is 0.257 e. The van der Waals surface area contributed by atoms with E-state index in [1.807, 2.05) is 25.3 Å². The third kappa shape index (κ3) is 5.72. The Bertz CT molecular complexity index is 1220. The lowest BCUT2D eigenvalue weighted by Crippen LogP contribution is -2.27. The van der Waals surface area contributed by atoms with Crippen LogP contribution in [-0.4, -0.2) is 49.7 Å². The molecule has 0 unspecified atom stereocenters. The normalized spacial score (nSPS) is 11.7. The fraction of sp³-hybridized carbons (Fsp3) is 0.346. The number of carbonyl (C=O) groups is 1. The highest BCUT2D eigenvalue weighted by Gasteiger charge is 2.20. The van der Waals surface area contributed by atoms with Crippen molar-refractivity contribution in [3.63, 3.8) is 0 Å². The zero-order valence-corrected chi connectivity index (χ0v) is 20.9. The van der Waals surface area contributed by atoms with Crippen molar-refractivity contribution in [2.45, 2.75) is 39.1 Å². The molecule has 33 heavy (non-hydrogen) atoms. The van der Waals surface area contributed by atoms with Crippen molar-refractivity contribution in [1.82, 2.24) is 9.47 Å². The molecule has 0 aliphatic rings. The van der Waals surface area contributed by atoms with Gasteiger partial charge in [0.1, 0.15) is 0 Å². The van der Waals surface area contributed by atoms with Crippen molar-refractivity contribution in [1.29, 1.82) is 0 Å². The minimum atomic E-state index is -3.28. The second kappa shape index (κ2) is 10.4. The molecule has 0 radical (unpaired) electrons. The van der Waals surface area contributed by atoms with E-state index < -0.39 is 9.84 Å². The molecule has 0 spiro atoms. The monoisotopic (exact) mass is 467 g/mol. The number of hydrogen-bond acceptors (Lipinski definition) is 4. The number of nitrogens with zero attached hydrogens (tertiary/aromatic N) is 2. The van der Waals surface area contributed by atoms with E-state index in [9.17, 15) is 13.2 Å². The summed E-state index contributed by atoms with van der Waals surface area (Å²) in [6.45, 7) is 12.0. The van der Waals surface area contributed by atoms with Gasteiger partial charge < -0.3 is 14.8 Å². The molecule has 1 N–H and O–H groups in total. The fourth-order valence-electron chi connectivity index (χ4n) is 4.03. The number of anilines is 1. The molecule has 0 aliphatic heterocycles. The Morgan fingerprint density at radius 1 is 1.00 bits per heavy atom. The van der Waals surface area contributed by atoms with Crippen molar-refractivity contribution >= 4 is 21.4 Å². The van der Waals surface area contributed by atoms with E-state index in [4.69, 9.17) is 0 Å². The second-order valence-corrected chi connectivity index (χ2v) is 10.3. The van der Waals surface area contributed by atoms with E-state index in [2.05, 4.69) is 47.7 Å². The Morgan fingerprint density at radius 2 is 1.64 bits per heavy atom. The Labute approximate surface area is 197 Å². The van der Waals surface area contributed by atoms with Crippen LogP contribution in [0.2, 0.25) is 0 Å². The molecule has 0 saturated carbocycles. The number of sulfone groups is 1. The van der Waals surface area contributed by atoms with Crippen molar-refractivity contribution in [3.8, 4) is 11.3 Å². The van der Waals surface area contributed by atoms with E-state index >= 15 is 0 Å². The highest BCUT2D eigenvalue weighted by atomic mass is 32.2. The highest BCUT2D eigenvalue weighted by Crippen LogP contribution is 2.31. The van der Waals surface area contributed by atoms with Gasteiger partial charge in [0.25, 0.3) is 5.91 Å². The summed E-state index contributed by atoms with van der Waals surface area (Å²) in [5.41, 5.74) is 5.42. The van der Waals surface area contributed by atoms with Gasteiger partial charge in [0.05, 0.1) is 16.2 Å². The van der Waals surface area contributed by atoms with Gasteiger partial charge >= 0.3 is 0 Å². The first-order valence-corrected chi connectivity index (χ1v) is 13.1. The highest BCUT2D eigenvalue weighted by molar-refractivity contribution is 7.90. The number of benzene rings is 2. The Kier molecular flexibility index (Phi) is 7.76. The fourth-order valence-corrected chi connectivity index (χ4v) is 4.66. The smallest absolute Gasteiger partial charge is 0.257 e. The number of carbonyl (C=O) groups excluding carboxylic acids is 1. The third-order valence-electron chi connectivity index (χ3n) is 6.07. The summed E-state index contributed by atoms with van der Waals surface area (Å²) >= 11 is 0. The van der Waals surface area contributed by atoms with Crippen LogP contribution in [0.4, 0.5) is 5.69 Å². The first kappa shape index (κ1) is 24.7. The molecule has 0 aliphatic carbocycles. The molecule has 7 heteroatoms. The molecule has 0 saturated heterocycles. The Balaban J connectivity index is 1.95. The summed E-state index contributed by atoms with van der Waals surface area (Å²) < 4.78 is 25.6. The van der Waals surface area contributed by atoms with E-state index in [-0.39, 0.29) is 10.8 Å². The second-order valence-electron chi connectivity index (χ2n) is 8.30. The number of likely N-dealkylation sites (N-methyl/N-ethyl adjacent to an activating group) is 1. The number of nitrogens with one attached hydrogen (secondary N) is 1. The molecule has 0 atom stereocenters. The number of aromatic nitrogens is 1. The summed E-state index contributed by atoms with van der Waals surface area (Å²) in [5, 5.41) is 2.91. The van der Waals surface area contributed by atoms with Crippen LogP contribution in [0.3, 0.4) is 0 Å². The maximum atomic E-state index is 13.2. The Morgan fingerprint density at radius 3 is 2.21 bits per heavy atom. The van der Waals surface area contributed by atoms with Gasteiger partial charge in [0, 0.05) is 36.8 Å². The molecule has 2 aromatic carbocycles. The van der Waals surface area contributed by atoms with Crippen molar-refractivity contribution < 1.29 is 13.2 Å². The lowest BCUT2D eigenvalue weighted by Gasteiger charge is -2.20. The molecular formula is C26H33N3O3S. The third-order valence-corrected chi connectivity index (χ3v) is 7.20. The lowest BCUT2D eigenvalue weighted by molar-refractivity contribution is 0.102. The van der Waals surface area contributed by atoms with Gasteiger partial charge in [-0.25, -0.2) is 8.42 Å².